The molecule has 170 valence electrons. The van der Waals surface area contributed by atoms with Crippen molar-refractivity contribution in [3.05, 3.63) is 12.2 Å². The molecule has 0 spiro atoms. The molecule has 3 saturated carbocycles. The van der Waals surface area contributed by atoms with Gasteiger partial charge in [-0.05, 0) is 84.4 Å². The van der Waals surface area contributed by atoms with Gasteiger partial charge in [0.15, 0.2) is 6.10 Å². The zero-order chi connectivity index (χ0) is 21.3. The second-order valence-electron chi connectivity index (χ2n) is 12.7. The minimum Gasteiger partial charge on any atom is -0.361 e. The molecule has 3 heteroatoms. The molecule has 0 amide bonds. The van der Waals surface area contributed by atoms with Crippen molar-refractivity contribution in [1.82, 2.24) is 0 Å². The van der Waals surface area contributed by atoms with Gasteiger partial charge in [-0.3, -0.25) is 0 Å². The maximum absolute atomic E-state index is 10.7. The Bertz CT molecular complexity index is 688. The normalized spacial score (nSPS) is 52.8. The highest BCUT2D eigenvalue weighted by Crippen LogP contribution is 2.68. The molecule has 0 bridgehead atoms. The van der Waals surface area contributed by atoms with E-state index in [0.717, 1.165) is 36.0 Å². The molecule has 0 aromatic carbocycles. The second-order valence-corrected chi connectivity index (χ2v) is 12.7. The highest BCUT2D eigenvalue weighted by Gasteiger charge is 2.65. The van der Waals surface area contributed by atoms with Crippen molar-refractivity contribution in [2.24, 2.45) is 52.3 Å². The van der Waals surface area contributed by atoms with E-state index in [4.69, 9.17) is 9.78 Å². The average molecular weight is 417 g/mol. The molecule has 0 radical (unpaired) electrons. The van der Waals surface area contributed by atoms with Crippen LogP contribution in [0.2, 0.25) is 0 Å². The SMILES string of the molecule is CC(C)CCC[C@@H](C)[C@H]1CC[C@H]2[C@H]3C=CC4C[C@]5(O)OOC5C[C@]4(C)[C@H]3CC[C@]12C. The standard InChI is InChI=1S/C27H44O3/c1-17(2)7-6-8-18(3)21-11-12-22-20-10-9-19-15-27(28)24(29-30-27)16-26(19,5)23(20)13-14-25(21,22)4/h9-10,17-24,28H,6-8,11-16H2,1-5H3/t18-,19?,20-,21-,22+,23+,24?,25-,26+,27+/m1/s1. The summed E-state index contributed by atoms with van der Waals surface area (Å²) < 4.78 is 0. The third-order valence-corrected chi connectivity index (χ3v) is 10.7. The van der Waals surface area contributed by atoms with Crippen molar-refractivity contribution in [3.63, 3.8) is 0 Å². The van der Waals surface area contributed by atoms with E-state index in [9.17, 15) is 5.11 Å². The number of aliphatic hydroxyl groups is 1. The predicted octanol–water partition coefficient (Wildman–Crippen LogP) is 6.51. The third kappa shape index (κ3) is 3.09. The first-order chi connectivity index (χ1) is 14.2. The fourth-order valence-corrected chi connectivity index (χ4v) is 8.92. The van der Waals surface area contributed by atoms with Gasteiger partial charge in [-0.2, -0.15) is 4.89 Å². The number of hydrogen-bond donors (Lipinski definition) is 1. The van der Waals surface area contributed by atoms with Crippen LogP contribution in [-0.4, -0.2) is 17.0 Å². The van der Waals surface area contributed by atoms with E-state index in [1.165, 1.54) is 44.9 Å². The van der Waals surface area contributed by atoms with Gasteiger partial charge >= 0.3 is 0 Å². The Labute approximate surface area is 183 Å². The minimum absolute atomic E-state index is 0.128. The van der Waals surface area contributed by atoms with E-state index < -0.39 is 5.79 Å². The lowest BCUT2D eigenvalue weighted by Gasteiger charge is -2.62. The molecule has 10 atom stereocenters. The Balaban J connectivity index is 1.33. The van der Waals surface area contributed by atoms with Crippen LogP contribution in [0.15, 0.2) is 12.2 Å². The first-order valence-electron chi connectivity index (χ1n) is 12.9. The molecule has 1 N–H and O–H groups in total. The topological polar surface area (TPSA) is 38.7 Å². The molecule has 4 fully saturated rings. The summed E-state index contributed by atoms with van der Waals surface area (Å²) >= 11 is 0. The van der Waals surface area contributed by atoms with Gasteiger partial charge in [-0.1, -0.05) is 66.0 Å². The van der Waals surface area contributed by atoms with Crippen LogP contribution in [0.1, 0.15) is 92.4 Å². The molecule has 4 aliphatic carbocycles. The summed E-state index contributed by atoms with van der Waals surface area (Å²) in [6.45, 7) is 12.4. The van der Waals surface area contributed by atoms with E-state index in [1.807, 2.05) is 0 Å². The summed E-state index contributed by atoms with van der Waals surface area (Å²) in [6.07, 6.45) is 16.3. The van der Waals surface area contributed by atoms with Gasteiger partial charge in [0.1, 0.15) is 0 Å². The van der Waals surface area contributed by atoms with E-state index in [0.29, 0.717) is 23.7 Å². The van der Waals surface area contributed by atoms with Crippen LogP contribution in [0, 0.1) is 52.3 Å². The molecule has 2 unspecified atom stereocenters. The molecule has 3 nitrogen and oxygen atoms in total. The van der Waals surface area contributed by atoms with Crippen molar-refractivity contribution in [2.75, 3.05) is 0 Å². The van der Waals surface area contributed by atoms with Gasteiger partial charge in [0.2, 0.25) is 5.79 Å². The molecular weight excluding hydrogens is 372 g/mol. The van der Waals surface area contributed by atoms with E-state index >= 15 is 0 Å². The first kappa shape index (κ1) is 21.5. The van der Waals surface area contributed by atoms with Crippen molar-refractivity contribution in [2.45, 2.75) is 104 Å². The molecular formula is C27H44O3. The predicted molar refractivity (Wildman–Crippen MR) is 119 cm³/mol. The maximum Gasteiger partial charge on any atom is 0.229 e. The van der Waals surface area contributed by atoms with Crippen molar-refractivity contribution in [1.29, 1.82) is 0 Å². The van der Waals surface area contributed by atoms with E-state index in [2.05, 4.69) is 46.8 Å². The van der Waals surface area contributed by atoms with Gasteiger partial charge in [0.05, 0.1) is 0 Å². The number of allylic oxidation sites excluding steroid dienone is 2. The molecule has 5 rings (SSSR count). The van der Waals surface area contributed by atoms with Gasteiger partial charge < -0.3 is 5.11 Å². The quantitative estimate of drug-likeness (QED) is 0.410. The van der Waals surface area contributed by atoms with Crippen LogP contribution in [0.4, 0.5) is 0 Å². The van der Waals surface area contributed by atoms with Crippen LogP contribution in [0.5, 0.6) is 0 Å². The average Bonchev–Trinajstić information content (AvgIpc) is 3.03. The Kier molecular flexibility index (Phi) is 5.24. The molecule has 0 aromatic rings. The van der Waals surface area contributed by atoms with Crippen LogP contribution in [0.3, 0.4) is 0 Å². The third-order valence-electron chi connectivity index (χ3n) is 10.7. The summed E-state index contributed by atoms with van der Waals surface area (Å²) in [5, 5.41) is 10.7. The Morgan fingerprint density at radius 2 is 1.73 bits per heavy atom. The van der Waals surface area contributed by atoms with Crippen LogP contribution in [-0.2, 0) is 9.78 Å². The van der Waals surface area contributed by atoms with Gasteiger partial charge in [0.25, 0.3) is 0 Å². The van der Waals surface area contributed by atoms with Crippen LogP contribution < -0.4 is 0 Å². The zero-order valence-corrected chi connectivity index (χ0v) is 19.9. The van der Waals surface area contributed by atoms with Crippen molar-refractivity contribution in [3.8, 4) is 0 Å². The van der Waals surface area contributed by atoms with Gasteiger partial charge in [0, 0.05) is 6.42 Å². The number of rotatable bonds is 5. The lowest BCUT2D eigenvalue weighted by Crippen LogP contribution is -2.66. The number of hydrogen-bond acceptors (Lipinski definition) is 3. The molecule has 30 heavy (non-hydrogen) atoms. The summed E-state index contributed by atoms with van der Waals surface area (Å²) in [5.41, 5.74) is 0.750. The summed E-state index contributed by atoms with van der Waals surface area (Å²) in [4.78, 5) is 10.5. The fourth-order valence-electron chi connectivity index (χ4n) is 8.92. The van der Waals surface area contributed by atoms with Gasteiger partial charge in [-0.25, -0.2) is 4.89 Å². The van der Waals surface area contributed by atoms with Crippen molar-refractivity contribution >= 4 is 0 Å². The summed E-state index contributed by atoms with van der Waals surface area (Å²) in [7, 11) is 0. The highest BCUT2D eigenvalue weighted by atomic mass is 17.3. The highest BCUT2D eigenvalue weighted by molar-refractivity contribution is 5.20. The van der Waals surface area contributed by atoms with E-state index in [1.54, 1.807) is 0 Å². The Morgan fingerprint density at radius 3 is 2.43 bits per heavy atom. The second kappa shape index (κ2) is 7.32. The smallest absolute Gasteiger partial charge is 0.229 e. The van der Waals surface area contributed by atoms with E-state index in [-0.39, 0.29) is 11.5 Å². The zero-order valence-electron chi connectivity index (χ0n) is 19.9. The minimum atomic E-state index is -1.03. The molecule has 1 heterocycles. The monoisotopic (exact) mass is 416 g/mol. The molecule has 1 aliphatic heterocycles. The molecule has 1 saturated heterocycles. The van der Waals surface area contributed by atoms with Crippen molar-refractivity contribution < 1.29 is 14.9 Å². The molecule has 5 aliphatic rings. The first-order valence-corrected chi connectivity index (χ1v) is 12.9. The van der Waals surface area contributed by atoms with Crippen LogP contribution >= 0.6 is 0 Å². The lowest BCUT2D eigenvalue weighted by molar-refractivity contribution is -0.580. The number of fused-ring (bicyclic) bond motifs is 6. The maximum atomic E-state index is 10.7. The lowest BCUT2D eigenvalue weighted by atomic mass is 9.45. The Hall–Kier alpha value is -0.380. The summed E-state index contributed by atoms with van der Waals surface area (Å²) in [5.74, 6) is 4.25. The van der Waals surface area contributed by atoms with Crippen LogP contribution in [0.25, 0.3) is 0 Å². The fraction of sp³-hybridized carbons (Fsp3) is 0.926. The van der Waals surface area contributed by atoms with Gasteiger partial charge in [-0.15, -0.1) is 0 Å². The largest absolute Gasteiger partial charge is 0.361 e. The summed E-state index contributed by atoms with van der Waals surface area (Å²) in [6, 6.07) is 0. The Morgan fingerprint density at radius 1 is 0.967 bits per heavy atom. The molecule has 0 aromatic heterocycles.